The van der Waals surface area contributed by atoms with Crippen molar-refractivity contribution in [3.05, 3.63) is 47.5 Å². The van der Waals surface area contributed by atoms with E-state index in [0.29, 0.717) is 0 Å². The fourth-order valence-electron chi connectivity index (χ4n) is 2.39. The van der Waals surface area contributed by atoms with Gasteiger partial charge < -0.3 is 10.1 Å². The van der Waals surface area contributed by atoms with E-state index in [1.54, 1.807) is 0 Å². The average molecular weight is 358 g/mol. The molecule has 0 spiro atoms. The number of fused-ring (bicyclic) bond motifs is 1. The van der Waals surface area contributed by atoms with Crippen LogP contribution in [0, 0.1) is 5.92 Å². The summed E-state index contributed by atoms with van der Waals surface area (Å²) in [6.45, 7) is 9.00. The van der Waals surface area contributed by atoms with Crippen LogP contribution in [0.15, 0.2) is 30.9 Å². The maximum atomic E-state index is 12.3. The van der Waals surface area contributed by atoms with Gasteiger partial charge in [-0.15, -0.1) is 6.58 Å². The van der Waals surface area contributed by atoms with E-state index in [1.807, 2.05) is 20.8 Å². The topological polar surface area (TPSA) is 92.8 Å². The molecule has 3 amide bonds. The van der Waals surface area contributed by atoms with Crippen LogP contribution in [0.25, 0.3) is 0 Å². The van der Waals surface area contributed by atoms with E-state index >= 15 is 0 Å². The molecule has 26 heavy (non-hydrogen) atoms. The van der Waals surface area contributed by atoms with Crippen LogP contribution in [0.3, 0.4) is 0 Å². The zero-order valence-electron chi connectivity index (χ0n) is 15.1. The standard InChI is InChI=1S/C19H22N2O5/c1-5-8-21-17(23)14-7-6-13(9-15(14)18(21)24)19(25)26-10-16(22)20-12(4)11(2)3/h5-7,9,11-12H,1,8,10H2,2-4H3,(H,20,22)/t12-/m1/s1. The molecule has 138 valence electrons. The summed E-state index contributed by atoms with van der Waals surface area (Å²) in [5.74, 6) is -1.78. The van der Waals surface area contributed by atoms with E-state index in [1.165, 1.54) is 24.3 Å². The van der Waals surface area contributed by atoms with Gasteiger partial charge in [0.15, 0.2) is 6.61 Å². The summed E-state index contributed by atoms with van der Waals surface area (Å²) in [6, 6.07) is 4.09. The lowest BCUT2D eigenvalue weighted by molar-refractivity contribution is -0.125. The van der Waals surface area contributed by atoms with Crippen molar-refractivity contribution in [1.82, 2.24) is 10.2 Å². The Morgan fingerprint density at radius 2 is 1.85 bits per heavy atom. The largest absolute Gasteiger partial charge is 0.452 e. The molecular weight excluding hydrogens is 336 g/mol. The molecule has 7 nitrogen and oxygen atoms in total. The van der Waals surface area contributed by atoms with Crippen LogP contribution < -0.4 is 5.32 Å². The predicted octanol–water partition coefficient (Wildman–Crippen LogP) is 1.79. The molecule has 1 aromatic rings. The highest BCUT2D eigenvalue weighted by atomic mass is 16.5. The highest BCUT2D eigenvalue weighted by Gasteiger charge is 2.35. The summed E-state index contributed by atoms with van der Waals surface area (Å²) in [6.07, 6.45) is 1.45. The van der Waals surface area contributed by atoms with Gasteiger partial charge in [0, 0.05) is 12.6 Å². The van der Waals surface area contributed by atoms with Gasteiger partial charge in [-0.25, -0.2) is 4.79 Å². The molecule has 1 aromatic carbocycles. The molecule has 0 radical (unpaired) electrons. The number of nitrogens with zero attached hydrogens (tertiary/aromatic N) is 1. The molecule has 0 fully saturated rings. The molecule has 0 unspecified atom stereocenters. The second kappa shape index (κ2) is 7.95. The Labute approximate surface area is 152 Å². The molecule has 1 heterocycles. The average Bonchev–Trinajstić information content (AvgIpc) is 2.84. The second-order valence-electron chi connectivity index (χ2n) is 6.45. The molecule has 0 bridgehead atoms. The number of carbonyl (C=O) groups is 4. The first-order chi connectivity index (χ1) is 12.3. The van der Waals surface area contributed by atoms with Crippen LogP contribution in [-0.2, 0) is 9.53 Å². The van der Waals surface area contributed by atoms with Crippen molar-refractivity contribution >= 4 is 23.7 Å². The van der Waals surface area contributed by atoms with Gasteiger partial charge in [0.1, 0.15) is 0 Å². The second-order valence-corrected chi connectivity index (χ2v) is 6.45. The third-order valence-electron chi connectivity index (χ3n) is 4.24. The third-order valence-corrected chi connectivity index (χ3v) is 4.24. The lowest BCUT2D eigenvalue weighted by atomic mass is 10.1. The molecule has 1 N–H and O–H groups in total. The summed E-state index contributed by atoms with van der Waals surface area (Å²) in [5.41, 5.74) is 0.483. The quantitative estimate of drug-likeness (QED) is 0.456. The van der Waals surface area contributed by atoms with Crippen LogP contribution in [0.5, 0.6) is 0 Å². The van der Waals surface area contributed by atoms with Gasteiger partial charge in [0.2, 0.25) is 0 Å². The Bertz CT molecular complexity index is 769. The first-order valence-corrected chi connectivity index (χ1v) is 8.33. The highest BCUT2D eigenvalue weighted by Crippen LogP contribution is 2.24. The Kier molecular flexibility index (Phi) is 5.92. The predicted molar refractivity (Wildman–Crippen MR) is 94.7 cm³/mol. The van der Waals surface area contributed by atoms with Crippen molar-refractivity contribution in [2.24, 2.45) is 5.92 Å². The fourth-order valence-corrected chi connectivity index (χ4v) is 2.39. The van der Waals surface area contributed by atoms with Crippen LogP contribution in [0.2, 0.25) is 0 Å². The van der Waals surface area contributed by atoms with Gasteiger partial charge >= 0.3 is 5.97 Å². The smallest absolute Gasteiger partial charge is 0.338 e. The zero-order valence-corrected chi connectivity index (χ0v) is 15.1. The Morgan fingerprint density at radius 3 is 2.46 bits per heavy atom. The van der Waals surface area contributed by atoms with Crippen LogP contribution in [-0.4, -0.2) is 47.8 Å². The number of esters is 1. The minimum absolute atomic E-state index is 0.0410. The number of amides is 3. The molecule has 1 atom stereocenters. The number of nitrogens with one attached hydrogen (secondary N) is 1. The number of benzene rings is 1. The Hall–Kier alpha value is -2.96. The van der Waals surface area contributed by atoms with Crippen LogP contribution in [0.1, 0.15) is 51.8 Å². The van der Waals surface area contributed by atoms with E-state index in [9.17, 15) is 19.2 Å². The molecule has 2 rings (SSSR count). The summed E-state index contributed by atoms with van der Waals surface area (Å²) in [4.78, 5) is 49.4. The molecule has 0 aromatic heterocycles. The first kappa shape index (κ1) is 19.4. The van der Waals surface area contributed by atoms with Crippen molar-refractivity contribution in [2.75, 3.05) is 13.2 Å². The maximum absolute atomic E-state index is 12.3. The van der Waals surface area contributed by atoms with Gasteiger partial charge in [-0.1, -0.05) is 19.9 Å². The summed E-state index contributed by atoms with van der Waals surface area (Å²) >= 11 is 0. The van der Waals surface area contributed by atoms with Gasteiger partial charge in [-0.2, -0.15) is 0 Å². The van der Waals surface area contributed by atoms with Crippen molar-refractivity contribution < 1.29 is 23.9 Å². The van der Waals surface area contributed by atoms with Crippen LogP contribution >= 0.6 is 0 Å². The molecule has 7 heteroatoms. The van der Waals surface area contributed by atoms with E-state index in [-0.39, 0.29) is 35.2 Å². The normalized spacial score (nSPS) is 14.2. The number of carbonyl (C=O) groups excluding carboxylic acids is 4. The Morgan fingerprint density at radius 1 is 1.19 bits per heavy atom. The van der Waals surface area contributed by atoms with Gasteiger partial charge in [-0.3, -0.25) is 19.3 Å². The summed E-state index contributed by atoms with van der Waals surface area (Å²) in [5, 5.41) is 2.73. The van der Waals surface area contributed by atoms with Crippen molar-refractivity contribution in [1.29, 1.82) is 0 Å². The zero-order chi connectivity index (χ0) is 19.4. The van der Waals surface area contributed by atoms with E-state index < -0.39 is 30.3 Å². The lowest BCUT2D eigenvalue weighted by Crippen LogP contribution is -2.38. The monoisotopic (exact) mass is 358 g/mol. The van der Waals surface area contributed by atoms with E-state index in [4.69, 9.17) is 4.74 Å². The highest BCUT2D eigenvalue weighted by molar-refractivity contribution is 6.22. The first-order valence-electron chi connectivity index (χ1n) is 8.33. The molecule has 1 aliphatic rings. The fraction of sp³-hybridized carbons (Fsp3) is 0.368. The minimum atomic E-state index is -0.734. The molecule has 0 saturated carbocycles. The number of rotatable bonds is 7. The van der Waals surface area contributed by atoms with E-state index in [0.717, 1.165) is 4.90 Å². The van der Waals surface area contributed by atoms with E-state index in [2.05, 4.69) is 11.9 Å². The van der Waals surface area contributed by atoms with Crippen LogP contribution in [0.4, 0.5) is 0 Å². The molecular formula is C19H22N2O5. The van der Waals surface area contributed by atoms with Crippen molar-refractivity contribution in [2.45, 2.75) is 26.8 Å². The minimum Gasteiger partial charge on any atom is -0.452 e. The SMILES string of the molecule is C=CCN1C(=O)c2ccc(C(=O)OCC(=O)N[C@H](C)C(C)C)cc2C1=O. The third kappa shape index (κ3) is 3.99. The van der Waals surface area contributed by atoms with Gasteiger partial charge in [-0.05, 0) is 31.0 Å². The number of imide groups is 1. The van der Waals surface area contributed by atoms with Crippen molar-refractivity contribution in [3.8, 4) is 0 Å². The van der Waals surface area contributed by atoms with Gasteiger partial charge in [0.05, 0.1) is 16.7 Å². The summed E-state index contributed by atoms with van der Waals surface area (Å²) < 4.78 is 4.99. The van der Waals surface area contributed by atoms with Gasteiger partial charge in [0.25, 0.3) is 17.7 Å². The molecule has 1 aliphatic heterocycles. The summed E-state index contributed by atoms with van der Waals surface area (Å²) in [7, 11) is 0. The maximum Gasteiger partial charge on any atom is 0.338 e. The number of hydrogen-bond donors (Lipinski definition) is 1. The Balaban J connectivity index is 2.04. The lowest BCUT2D eigenvalue weighted by Gasteiger charge is -2.17. The van der Waals surface area contributed by atoms with Crippen molar-refractivity contribution in [3.63, 3.8) is 0 Å². The molecule has 0 saturated heterocycles. The number of ether oxygens (including phenoxy) is 1. The number of hydrogen-bond acceptors (Lipinski definition) is 5. The molecule has 0 aliphatic carbocycles.